The zero-order valence-electron chi connectivity index (χ0n) is 13.1. The van der Waals surface area contributed by atoms with Crippen LogP contribution in [-0.2, 0) is 9.47 Å². The van der Waals surface area contributed by atoms with Gasteiger partial charge < -0.3 is 14.2 Å². The third-order valence-corrected chi connectivity index (χ3v) is 3.73. The summed E-state index contributed by atoms with van der Waals surface area (Å²) in [5.41, 5.74) is 0.880. The second kappa shape index (κ2) is 7.75. The van der Waals surface area contributed by atoms with Gasteiger partial charge in [0.15, 0.2) is 0 Å². The van der Waals surface area contributed by atoms with Crippen molar-refractivity contribution in [2.75, 3.05) is 13.2 Å². The molecule has 0 bridgehead atoms. The van der Waals surface area contributed by atoms with Gasteiger partial charge in [0.05, 0.1) is 17.2 Å². The highest BCUT2D eigenvalue weighted by molar-refractivity contribution is 5.91. The van der Waals surface area contributed by atoms with E-state index in [1.54, 1.807) is 48.5 Å². The van der Waals surface area contributed by atoms with Crippen molar-refractivity contribution in [3.05, 3.63) is 65.7 Å². The zero-order chi connectivity index (χ0) is 16.8. The minimum absolute atomic E-state index is 0.0000467. The number of esters is 2. The Morgan fingerprint density at radius 3 is 2.33 bits per heavy atom. The summed E-state index contributed by atoms with van der Waals surface area (Å²) in [6.45, 7) is 0.993. The number of rotatable bonds is 5. The first-order valence-corrected chi connectivity index (χ1v) is 7.88. The van der Waals surface area contributed by atoms with E-state index < -0.39 is 11.9 Å². The molecule has 2 aromatic rings. The van der Waals surface area contributed by atoms with Crippen molar-refractivity contribution in [3.8, 4) is 5.75 Å². The van der Waals surface area contributed by atoms with Crippen LogP contribution in [0.2, 0.25) is 0 Å². The number of hydrogen-bond donors (Lipinski definition) is 0. The topological polar surface area (TPSA) is 61.8 Å². The summed E-state index contributed by atoms with van der Waals surface area (Å²) in [5, 5.41) is 0. The summed E-state index contributed by atoms with van der Waals surface area (Å²) in [6.07, 6.45) is 1.92. The van der Waals surface area contributed by atoms with E-state index in [9.17, 15) is 9.59 Å². The maximum atomic E-state index is 12.0. The maximum Gasteiger partial charge on any atom is 0.343 e. The molecule has 3 rings (SSSR count). The van der Waals surface area contributed by atoms with Crippen LogP contribution < -0.4 is 4.74 Å². The van der Waals surface area contributed by atoms with E-state index in [-0.39, 0.29) is 12.7 Å². The third kappa shape index (κ3) is 4.20. The van der Waals surface area contributed by atoms with Crippen molar-refractivity contribution in [2.45, 2.75) is 18.9 Å². The first-order chi connectivity index (χ1) is 11.7. The molecule has 1 saturated heterocycles. The van der Waals surface area contributed by atoms with Gasteiger partial charge in [-0.3, -0.25) is 0 Å². The van der Waals surface area contributed by atoms with Crippen molar-refractivity contribution in [1.29, 1.82) is 0 Å². The molecule has 0 aliphatic carbocycles. The highest BCUT2D eigenvalue weighted by atomic mass is 16.6. The van der Waals surface area contributed by atoms with Gasteiger partial charge in [-0.05, 0) is 49.2 Å². The van der Waals surface area contributed by atoms with Crippen LogP contribution in [0.15, 0.2) is 54.6 Å². The second-order valence-corrected chi connectivity index (χ2v) is 5.51. The normalized spacial score (nSPS) is 16.6. The Labute approximate surface area is 140 Å². The molecule has 1 aliphatic rings. The molecule has 0 saturated carbocycles. The van der Waals surface area contributed by atoms with Gasteiger partial charge in [-0.15, -0.1) is 0 Å². The van der Waals surface area contributed by atoms with Crippen LogP contribution in [0.5, 0.6) is 5.75 Å². The molecule has 1 atom stereocenters. The molecule has 2 aromatic carbocycles. The molecular formula is C19H18O5. The van der Waals surface area contributed by atoms with Gasteiger partial charge in [0.1, 0.15) is 12.4 Å². The summed E-state index contributed by atoms with van der Waals surface area (Å²) in [5.74, 6) is -0.477. The number of carbonyl (C=O) groups is 2. The predicted octanol–water partition coefficient (Wildman–Crippen LogP) is 3.24. The average Bonchev–Trinajstić information content (AvgIpc) is 3.14. The molecule has 124 valence electrons. The molecular weight excluding hydrogens is 308 g/mol. The Morgan fingerprint density at radius 2 is 1.67 bits per heavy atom. The van der Waals surface area contributed by atoms with Gasteiger partial charge in [-0.2, -0.15) is 0 Å². The third-order valence-electron chi connectivity index (χ3n) is 3.73. The average molecular weight is 326 g/mol. The quantitative estimate of drug-likeness (QED) is 0.623. The van der Waals surface area contributed by atoms with Crippen LogP contribution >= 0.6 is 0 Å². The molecule has 1 aliphatic heterocycles. The standard InChI is InChI=1S/C19H18O5/c20-18(23-13-17-7-4-12-22-17)15-8-10-16(11-9-15)24-19(21)14-5-2-1-3-6-14/h1-3,5-6,8-11,17H,4,7,12-13H2. The van der Waals surface area contributed by atoms with E-state index in [4.69, 9.17) is 14.2 Å². The van der Waals surface area contributed by atoms with Crippen LogP contribution in [0.3, 0.4) is 0 Å². The Balaban J connectivity index is 1.54. The minimum Gasteiger partial charge on any atom is -0.459 e. The fourth-order valence-electron chi connectivity index (χ4n) is 2.43. The number of carbonyl (C=O) groups excluding carboxylic acids is 2. The molecule has 5 nitrogen and oxygen atoms in total. The number of hydrogen-bond acceptors (Lipinski definition) is 5. The smallest absolute Gasteiger partial charge is 0.343 e. The molecule has 0 N–H and O–H groups in total. The fourth-order valence-corrected chi connectivity index (χ4v) is 2.43. The summed E-state index contributed by atoms with van der Waals surface area (Å²) in [4.78, 5) is 23.9. The summed E-state index contributed by atoms with van der Waals surface area (Å²) < 4.78 is 15.9. The molecule has 1 heterocycles. The minimum atomic E-state index is -0.440. The zero-order valence-corrected chi connectivity index (χ0v) is 13.1. The van der Waals surface area contributed by atoms with Crippen LogP contribution in [0.25, 0.3) is 0 Å². The summed E-state index contributed by atoms with van der Waals surface area (Å²) >= 11 is 0. The van der Waals surface area contributed by atoms with E-state index in [1.807, 2.05) is 6.07 Å². The lowest BCUT2D eigenvalue weighted by atomic mass is 10.2. The molecule has 24 heavy (non-hydrogen) atoms. The summed E-state index contributed by atoms with van der Waals surface area (Å²) in [7, 11) is 0. The highest BCUT2D eigenvalue weighted by Gasteiger charge is 2.18. The van der Waals surface area contributed by atoms with Crippen molar-refractivity contribution < 1.29 is 23.8 Å². The van der Waals surface area contributed by atoms with Crippen LogP contribution in [0.4, 0.5) is 0 Å². The molecule has 1 fully saturated rings. The van der Waals surface area contributed by atoms with Gasteiger partial charge in [-0.25, -0.2) is 9.59 Å². The fraction of sp³-hybridized carbons (Fsp3) is 0.263. The van der Waals surface area contributed by atoms with E-state index in [2.05, 4.69) is 0 Å². The van der Waals surface area contributed by atoms with E-state index >= 15 is 0 Å². The molecule has 5 heteroatoms. The van der Waals surface area contributed by atoms with E-state index in [1.165, 1.54) is 0 Å². The monoisotopic (exact) mass is 326 g/mol. The maximum absolute atomic E-state index is 12.0. The molecule has 0 spiro atoms. The largest absolute Gasteiger partial charge is 0.459 e. The van der Waals surface area contributed by atoms with Gasteiger partial charge in [0.25, 0.3) is 0 Å². The van der Waals surface area contributed by atoms with Gasteiger partial charge in [0, 0.05) is 6.61 Å². The van der Waals surface area contributed by atoms with Crippen LogP contribution in [-0.4, -0.2) is 31.3 Å². The van der Waals surface area contributed by atoms with Crippen molar-refractivity contribution in [3.63, 3.8) is 0 Å². The first-order valence-electron chi connectivity index (χ1n) is 7.88. The lowest BCUT2D eigenvalue weighted by Crippen LogP contribution is -2.17. The number of ether oxygens (including phenoxy) is 3. The van der Waals surface area contributed by atoms with Gasteiger partial charge >= 0.3 is 11.9 Å². The van der Waals surface area contributed by atoms with Crippen molar-refractivity contribution in [2.24, 2.45) is 0 Å². The first kappa shape index (κ1) is 16.2. The molecule has 0 amide bonds. The molecule has 1 unspecified atom stereocenters. The van der Waals surface area contributed by atoms with Crippen molar-refractivity contribution in [1.82, 2.24) is 0 Å². The summed E-state index contributed by atoms with van der Waals surface area (Å²) in [6, 6.07) is 15.0. The van der Waals surface area contributed by atoms with Gasteiger partial charge in [0.2, 0.25) is 0 Å². The number of benzene rings is 2. The van der Waals surface area contributed by atoms with Crippen LogP contribution in [0, 0.1) is 0 Å². The van der Waals surface area contributed by atoms with Crippen molar-refractivity contribution >= 4 is 11.9 Å². The molecule has 0 aromatic heterocycles. The van der Waals surface area contributed by atoms with E-state index in [0.29, 0.717) is 16.9 Å². The van der Waals surface area contributed by atoms with Gasteiger partial charge in [-0.1, -0.05) is 18.2 Å². The lowest BCUT2D eigenvalue weighted by Gasteiger charge is -2.10. The Kier molecular flexibility index (Phi) is 5.23. The Morgan fingerprint density at radius 1 is 0.958 bits per heavy atom. The Bertz CT molecular complexity index is 687. The lowest BCUT2D eigenvalue weighted by molar-refractivity contribution is 0.0161. The van der Waals surface area contributed by atoms with E-state index in [0.717, 1.165) is 19.4 Å². The highest BCUT2D eigenvalue weighted by Crippen LogP contribution is 2.16. The molecule has 0 radical (unpaired) electrons. The predicted molar refractivity (Wildman–Crippen MR) is 87.1 cm³/mol. The Hall–Kier alpha value is -2.66. The second-order valence-electron chi connectivity index (χ2n) is 5.51. The van der Waals surface area contributed by atoms with Crippen LogP contribution in [0.1, 0.15) is 33.6 Å². The SMILES string of the molecule is O=C(OCC1CCCO1)c1ccc(OC(=O)c2ccccc2)cc1.